The normalized spacial score (nSPS) is 11.4. The van der Waals surface area contributed by atoms with Gasteiger partial charge in [-0.05, 0) is 49.7 Å². The van der Waals surface area contributed by atoms with Crippen LogP contribution in [-0.2, 0) is 10.1 Å². The highest BCUT2D eigenvalue weighted by Gasteiger charge is 2.35. The van der Waals surface area contributed by atoms with Crippen molar-refractivity contribution in [3.63, 3.8) is 0 Å². The zero-order valence-corrected chi connectivity index (χ0v) is 17.9. The van der Waals surface area contributed by atoms with Gasteiger partial charge in [-0.3, -0.25) is 4.55 Å². The van der Waals surface area contributed by atoms with Crippen LogP contribution < -0.4 is 4.48 Å². The molecule has 0 aliphatic heterocycles. The third-order valence-corrected chi connectivity index (χ3v) is 5.53. The van der Waals surface area contributed by atoms with E-state index in [-0.39, 0.29) is 5.75 Å². The minimum absolute atomic E-state index is 0.201. The molecule has 0 aliphatic carbocycles. The lowest BCUT2D eigenvalue weighted by Crippen LogP contribution is -2.39. The molecular weight excluding hydrogens is 382 g/mol. The molecule has 0 spiro atoms. The van der Waals surface area contributed by atoms with E-state index >= 15 is 0 Å². The maximum atomic E-state index is 9.56. The molecule has 0 atom stereocenters. The number of hydrogen-bond acceptors (Lipinski definition) is 2. The summed E-state index contributed by atoms with van der Waals surface area (Å²) in [5.41, 5.74) is 3.95. The Morgan fingerprint density at radius 1 is 0.690 bits per heavy atom. The van der Waals surface area contributed by atoms with Crippen molar-refractivity contribution in [3.8, 4) is 0 Å². The van der Waals surface area contributed by atoms with Crippen molar-refractivity contribution < 1.29 is 13.0 Å². The van der Waals surface area contributed by atoms with E-state index in [0.717, 1.165) is 11.0 Å². The summed E-state index contributed by atoms with van der Waals surface area (Å²) in [5, 5.41) is 0. The second kappa shape index (κ2) is 10.9. The van der Waals surface area contributed by atoms with E-state index in [1.54, 1.807) is 0 Å². The number of para-hydroxylation sites is 3. The largest absolute Gasteiger partial charge is 0.286 e. The van der Waals surface area contributed by atoms with Gasteiger partial charge in [0, 0.05) is 0 Å². The van der Waals surface area contributed by atoms with Crippen LogP contribution in [0.25, 0.3) is 0 Å². The molecule has 29 heavy (non-hydrogen) atoms. The van der Waals surface area contributed by atoms with Gasteiger partial charge in [0.05, 0.1) is 12.3 Å². The second-order valence-corrected chi connectivity index (χ2v) is 8.51. The average Bonchev–Trinajstić information content (AvgIpc) is 2.76. The molecule has 154 valence electrons. The summed E-state index contributed by atoms with van der Waals surface area (Å²) in [6, 6.07) is 32.6. The molecule has 0 aliphatic rings. The summed E-state index contributed by atoms with van der Waals surface area (Å²) in [7, 11) is -3.66. The first kappa shape index (κ1) is 22.8. The molecule has 3 aromatic carbocycles. The average molecular weight is 413 g/mol. The van der Waals surface area contributed by atoms with Gasteiger partial charge >= 0.3 is 0 Å². The summed E-state index contributed by atoms with van der Waals surface area (Å²) in [5.74, 6) is -0.201. The van der Waals surface area contributed by atoms with E-state index in [4.69, 9.17) is 4.55 Å². The van der Waals surface area contributed by atoms with Crippen molar-refractivity contribution in [2.75, 3.05) is 12.3 Å². The smallest absolute Gasteiger partial charge is 0.264 e. The van der Waals surface area contributed by atoms with Crippen LogP contribution in [0.2, 0.25) is 0 Å². The predicted octanol–water partition coefficient (Wildman–Crippen LogP) is 6.35. The molecule has 0 radical (unpaired) electrons. The molecule has 0 aromatic heterocycles. The Morgan fingerprint density at radius 2 is 1.00 bits per heavy atom. The van der Waals surface area contributed by atoms with Crippen molar-refractivity contribution in [1.82, 2.24) is 4.48 Å². The van der Waals surface area contributed by atoms with Crippen LogP contribution in [-0.4, -0.2) is 25.3 Å². The van der Waals surface area contributed by atoms with Gasteiger partial charge in [-0.15, -0.1) is 0 Å². The minimum Gasteiger partial charge on any atom is -0.286 e. The summed E-state index contributed by atoms with van der Waals surface area (Å²) in [4.78, 5) is 0. The lowest BCUT2D eigenvalue weighted by Gasteiger charge is -2.37. The third kappa shape index (κ3) is 6.26. The maximum Gasteiger partial charge on any atom is 0.264 e. The molecule has 0 amide bonds. The molecule has 3 aromatic rings. The zero-order valence-electron chi connectivity index (χ0n) is 17.1. The van der Waals surface area contributed by atoms with Gasteiger partial charge in [0.25, 0.3) is 10.1 Å². The molecule has 1 N–H and O–H groups in total. The highest BCUT2D eigenvalue weighted by atomic mass is 32.2. The maximum absolute atomic E-state index is 9.56. The van der Waals surface area contributed by atoms with Crippen LogP contribution in [0.5, 0.6) is 0 Å². The number of rotatable bonds is 7. The van der Waals surface area contributed by atoms with Crippen molar-refractivity contribution in [2.45, 2.75) is 26.7 Å². The molecule has 0 saturated heterocycles. The van der Waals surface area contributed by atoms with E-state index < -0.39 is 10.1 Å². The standard InChI is InChI=1S/C22H24N.C2H6O3S/c1-2-3-19-23(20-13-7-4-8-14-20,21-15-9-5-10-16-21)22-17-11-6-12-18-22;1-2-6(3,4)5/h4-18H,2-3,19H2,1H3;2H2,1H3,(H,3,4,5)/q+1;. The van der Waals surface area contributed by atoms with Gasteiger partial charge < -0.3 is 0 Å². The fourth-order valence-corrected chi connectivity index (χ4v) is 3.28. The van der Waals surface area contributed by atoms with Gasteiger partial charge in [0.1, 0.15) is 17.1 Å². The molecule has 0 unspecified atom stereocenters. The predicted molar refractivity (Wildman–Crippen MR) is 122 cm³/mol. The minimum atomic E-state index is -3.66. The Bertz CT molecular complexity index is 847. The number of quaternary nitrogens is 1. The summed E-state index contributed by atoms with van der Waals surface area (Å²) in [6.07, 6.45) is 2.37. The number of hydrogen-bond donors (Lipinski definition) is 1. The molecule has 0 saturated carbocycles. The third-order valence-electron chi connectivity index (χ3n) is 4.80. The van der Waals surface area contributed by atoms with Crippen LogP contribution in [0.4, 0.5) is 17.1 Å². The van der Waals surface area contributed by atoms with Gasteiger partial charge in [-0.1, -0.05) is 67.9 Å². The Hall–Kier alpha value is -2.47. The SMILES string of the molecule is CCCC[N+](c1ccccc1)(c1ccccc1)c1ccccc1.CCS(=O)(=O)O. The quantitative estimate of drug-likeness (QED) is 0.363. The van der Waals surface area contributed by atoms with Gasteiger partial charge in [0.15, 0.2) is 0 Å². The molecule has 0 heterocycles. The zero-order chi connectivity index (χ0) is 21.2. The molecule has 0 fully saturated rings. The molecule has 4 nitrogen and oxygen atoms in total. The van der Waals surface area contributed by atoms with Crippen molar-refractivity contribution in [2.24, 2.45) is 0 Å². The van der Waals surface area contributed by atoms with E-state index in [0.29, 0.717) is 0 Å². The topological polar surface area (TPSA) is 54.4 Å². The number of nitrogens with zero attached hydrogens (tertiary/aromatic N) is 1. The van der Waals surface area contributed by atoms with E-state index in [1.807, 2.05) is 0 Å². The first-order valence-electron chi connectivity index (χ1n) is 9.94. The number of unbranched alkanes of at least 4 members (excludes halogenated alkanes) is 1. The monoisotopic (exact) mass is 412 g/mol. The van der Waals surface area contributed by atoms with Gasteiger partial charge in [0.2, 0.25) is 0 Å². The Morgan fingerprint density at radius 3 is 1.24 bits per heavy atom. The highest BCUT2D eigenvalue weighted by Crippen LogP contribution is 2.43. The molecule has 3 rings (SSSR count). The van der Waals surface area contributed by atoms with E-state index in [9.17, 15) is 8.42 Å². The van der Waals surface area contributed by atoms with Crippen molar-refractivity contribution in [1.29, 1.82) is 0 Å². The first-order valence-corrected chi connectivity index (χ1v) is 11.5. The molecular formula is C24H30NO3S+. The summed E-state index contributed by atoms with van der Waals surface area (Å²) < 4.78 is 27.7. The van der Waals surface area contributed by atoms with Crippen LogP contribution >= 0.6 is 0 Å². The fourth-order valence-electron chi connectivity index (χ4n) is 3.28. The highest BCUT2D eigenvalue weighted by molar-refractivity contribution is 7.85. The van der Waals surface area contributed by atoms with Crippen molar-refractivity contribution >= 4 is 27.2 Å². The first-order chi connectivity index (χ1) is 13.9. The van der Waals surface area contributed by atoms with E-state index in [2.05, 4.69) is 97.9 Å². The van der Waals surface area contributed by atoms with Gasteiger partial charge in [-0.25, -0.2) is 4.48 Å². The van der Waals surface area contributed by atoms with Crippen LogP contribution in [0, 0.1) is 0 Å². The lowest BCUT2D eigenvalue weighted by molar-refractivity contribution is 0.484. The Kier molecular flexibility index (Phi) is 8.58. The Balaban J connectivity index is 0.000000438. The summed E-state index contributed by atoms with van der Waals surface area (Å²) >= 11 is 0. The summed E-state index contributed by atoms with van der Waals surface area (Å²) in [6.45, 7) is 4.69. The van der Waals surface area contributed by atoms with Gasteiger partial charge in [-0.2, -0.15) is 8.42 Å². The number of benzene rings is 3. The molecule has 5 heteroatoms. The van der Waals surface area contributed by atoms with Crippen LogP contribution in [0.1, 0.15) is 26.7 Å². The Labute approximate surface area is 174 Å². The fraction of sp³-hybridized carbons (Fsp3) is 0.250. The molecule has 0 bridgehead atoms. The lowest BCUT2D eigenvalue weighted by atomic mass is 10.1. The second-order valence-electron chi connectivity index (χ2n) is 6.76. The van der Waals surface area contributed by atoms with Crippen LogP contribution in [0.3, 0.4) is 0 Å². The van der Waals surface area contributed by atoms with E-state index in [1.165, 1.54) is 36.8 Å². The van der Waals surface area contributed by atoms with Crippen molar-refractivity contribution in [3.05, 3.63) is 91.0 Å². The van der Waals surface area contributed by atoms with Crippen LogP contribution in [0.15, 0.2) is 91.0 Å².